The van der Waals surface area contributed by atoms with Crippen molar-refractivity contribution in [3.05, 3.63) is 35.7 Å². The zero-order valence-electron chi connectivity index (χ0n) is 15.1. The lowest BCUT2D eigenvalue weighted by atomic mass is 9.85. The molecule has 0 radical (unpaired) electrons. The Bertz CT molecular complexity index is 673. The second-order valence-corrected chi connectivity index (χ2v) is 7.13. The molecule has 0 fully saturated rings. The number of aromatic nitrogens is 2. The van der Waals surface area contributed by atoms with E-state index in [9.17, 15) is 10.2 Å². The summed E-state index contributed by atoms with van der Waals surface area (Å²) in [6.45, 7) is 8.26. The fourth-order valence-corrected chi connectivity index (χ4v) is 2.90. The summed E-state index contributed by atoms with van der Waals surface area (Å²) in [5, 5.41) is 20.8. The van der Waals surface area contributed by atoms with Crippen molar-refractivity contribution in [1.29, 1.82) is 0 Å². The van der Waals surface area contributed by atoms with Crippen LogP contribution >= 0.6 is 0 Å². The standard InChI is InChI=1S/C20H28N2O2/c1-5-6-7-8-12-20(3,4)19-21-17(23)16(18(24)22-19)15-11-9-10-14(2)13-15/h9-11,13H,5-8,12H2,1-4H3,(H2,21,22,23,24). The van der Waals surface area contributed by atoms with E-state index in [0.29, 0.717) is 11.4 Å². The lowest BCUT2D eigenvalue weighted by Gasteiger charge is -2.23. The minimum Gasteiger partial charge on any atom is -0.493 e. The Morgan fingerprint density at radius 3 is 2.25 bits per heavy atom. The number of aromatic hydroxyl groups is 2. The Hall–Kier alpha value is -2.10. The minimum absolute atomic E-state index is 0.162. The van der Waals surface area contributed by atoms with Crippen LogP contribution in [0.3, 0.4) is 0 Å². The molecule has 0 aliphatic heterocycles. The number of nitrogens with zero attached hydrogens (tertiary/aromatic N) is 2. The van der Waals surface area contributed by atoms with Crippen molar-refractivity contribution < 1.29 is 10.2 Å². The van der Waals surface area contributed by atoms with Gasteiger partial charge in [0, 0.05) is 5.41 Å². The lowest BCUT2D eigenvalue weighted by molar-refractivity contribution is 0.380. The van der Waals surface area contributed by atoms with E-state index in [1.54, 1.807) is 0 Å². The van der Waals surface area contributed by atoms with Crippen LogP contribution in [-0.4, -0.2) is 20.2 Å². The van der Waals surface area contributed by atoms with Crippen molar-refractivity contribution in [1.82, 2.24) is 9.97 Å². The van der Waals surface area contributed by atoms with Crippen LogP contribution in [0.4, 0.5) is 0 Å². The molecule has 130 valence electrons. The van der Waals surface area contributed by atoms with Gasteiger partial charge in [-0.15, -0.1) is 0 Å². The summed E-state index contributed by atoms with van der Waals surface area (Å²) in [4.78, 5) is 8.59. The van der Waals surface area contributed by atoms with Gasteiger partial charge in [0.1, 0.15) is 11.4 Å². The second-order valence-electron chi connectivity index (χ2n) is 7.13. The van der Waals surface area contributed by atoms with Crippen LogP contribution in [0, 0.1) is 6.92 Å². The maximum Gasteiger partial charge on any atom is 0.226 e. The Morgan fingerprint density at radius 1 is 1.00 bits per heavy atom. The Labute approximate surface area is 144 Å². The summed E-state index contributed by atoms with van der Waals surface area (Å²) in [6, 6.07) is 7.58. The second kappa shape index (κ2) is 7.65. The molecule has 0 aliphatic rings. The van der Waals surface area contributed by atoms with E-state index in [1.807, 2.05) is 31.2 Å². The van der Waals surface area contributed by atoms with Crippen LogP contribution < -0.4 is 0 Å². The van der Waals surface area contributed by atoms with Crippen molar-refractivity contribution in [3.8, 4) is 22.9 Å². The number of benzene rings is 1. The first-order valence-corrected chi connectivity index (χ1v) is 8.72. The summed E-state index contributed by atoms with van der Waals surface area (Å²) < 4.78 is 0. The number of unbranched alkanes of at least 4 members (excludes halogenated alkanes) is 3. The molecule has 4 nitrogen and oxygen atoms in total. The topological polar surface area (TPSA) is 66.2 Å². The summed E-state index contributed by atoms with van der Waals surface area (Å²) in [7, 11) is 0. The van der Waals surface area contributed by atoms with Crippen LogP contribution in [0.15, 0.2) is 24.3 Å². The quantitative estimate of drug-likeness (QED) is 0.693. The van der Waals surface area contributed by atoms with E-state index in [2.05, 4.69) is 30.7 Å². The van der Waals surface area contributed by atoms with Crippen LogP contribution in [0.2, 0.25) is 0 Å². The van der Waals surface area contributed by atoms with Gasteiger partial charge in [-0.25, -0.2) is 0 Å². The molecule has 1 heterocycles. The predicted molar refractivity (Wildman–Crippen MR) is 97.3 cm³/mol. The van der Waals surface area contributed by atoms with Crippen molar-refractivity contribution in [2.45, 2.75) is 65.2 Å². The van der Waals surface area contributed by atoms with Gasteiger partial charge in [-0.05, 0) is 18.9 Å². The van der Waals surface area contributed by atoms with Crippen molar-refractivity contribution in [3.63, 3.8) is 0 Å². The van der Waals surface area contributed by atoms with Gasteiger partial charge in [-0.2, -0.15) is 9.97 Å². The van der Waals surface area contributed by atoms with Gasteiger partial charge in [0.2, 0.25) is 11.8 Å². The molecule has 1 aromatic carbocycles. The zero-order valence-corrected chi connectivity index (χ0v) is 15.1. The third kappa shape index (κ3) is 4.25. The van der Waals surface area contributed by atoms with Gasteiger partial charge in [0.25, 0.3) is 0 Å². The van der Waals surface area contributed by atoms with E-state index in [0.717, 1.165) is 24.0 Å². The molecule has 2 N–H and O–H groups in total. The molecular weight excluding hydrogens is 300 g/mol. The van der Waals surface area contributed by atoms with E-state index < -0.39 is 0 Å². The molecule has 0 unspecified atom stereocenters. The molecule has 0 aliphatic carbocycles. The van der Waals surface area contributed by atoms with Crippen LogP contribution in [0.1, 0.15) is 64.3 Å². The molecule has 1 aromatic heterocycles. The number of hydrogen-bond donors (Lipinski definition) is 2. The highest BCUT2D eigenvalue weighted by atomic mass is 16.3. The average molecular weight is 328 g/mol. The molecule has 0 saturated heterocycles. The predicted octanol–water partition coefficient (Wildman–Crippen LogP) is 5.11. The SMILES string of the molecule is CCCCCCC(C)(C)c1nc(O)c(-c2cccc(C)c2)c(O)n1. The molecule has 24 heavy (non-hydrogen) atoms. The molecule has 0 atom stereocenters. The van der Waals surface area contributed by atoms with Crippen LogP contribution in [-0.2, 0) is 5.41 Å². The molecule has 0 saturated carbocycles. The fourth-order valence-electron chi connectivity index (χ4n) is 2.90. The summed E-state index contributed by atoms with van der Waals surface area (Å²) >= 11 is 0. The lowest BCUT2D eigenvalue weighted by Crippen LogP contribution is -2.21. The summed E-state index contributed by atoms with van der Waals surface area (Å²) in [5.74, 6) is 0.167. The van der Waals surface area contributed by atoms with Crippen molar-refractivity contribution in [2.75, 3.05) is 0 Å². The van der Waals surface area contributed by atoms with Gasteiger partial charge >= 0.3 is 0 Å². The van der Waals surface area contributed by atoms with E-state index in [-0.39, 0.29) is 17.2 Å². The van der Waals surface area contributed by atoms with E-state index in [1.165, 1.54) is 19.3 Å². The first-order valence-electron chi connectivity index (χ1n) is 8.72. The molecule has 0 amide bonds. The largest absolute Gasteiger partial charge is 0.493 e. The fraction of sp³-hybridized carbons (Fsp3) is 0.500. The first kappa shape index (κ1) is 18.2. The maximum atomic E-state index is 10.4. The molecule has 2 rings (SSSR count). The normalized spacial score (nSPS) is 11.7. The number of rotatable bonds is 7. The Balaban J connectivity index is 2.29. The average Bonchev–Trinajstić information content (AvgIpc) is 2.51. The molecule has 0 spiro atoms. The third-order valence-corrected chi connectivity index (χ3v) is 4.44. The molecule has 0 bridgehead atoms. The highest BCUT2D eigenvalue weighted by molar-refractivity contribution is 5.73. The molecule has 4 heteroatoms. The van der Waals surface area contributed by atoms with Crippen molar-refractivity contribution in [2.24, 2.45) is 0 Å². The third-order valence-electron chi connectivity index (χ3n) is 4.44. The zero-order chi connectivity index (χ0) is 17.7. The van der Waals surface area contributed by atoms with Crippen LogP contribution in [0.25, 0.3) is 11.1 Å². The Kier molecular flexibility index (Phi) is 5.81. The highest BCUT2D eigenvalue weighted by Crippen LogP contribution is 2.37. The minimum atomic E-state index is -0.284. The smallest absolute Gasteiger partial charge is 0.226 e. The monoisotopic (exact) mass is 328 g/mol. The highest BCUT2D eigenvalue weighted by Gasteiger charge is 2.27. The molecule has 2 aromatic rings. The van der Waals surface area contributed by atoms with Gasteiger partial charge in [-0.3, -0.25) is 0 Å². The van der Waals surface area contributed by atoms with Gasteiger partial charge in [0.15, 0.2) is 0 Å². The molecular formula is C20H28N2O2. The Morgan fingerprint density at radius 2 is 1.67 bits per heavy atom. The summed E-state index contributed by atoms with van der Waals surface area (Å²) in [5.41, 5.74) is 1.78. The van der Waals surface area contributed by atoms with Gasteiger partial charge in [-0.1, -0.05) is 76.3 Å². The number of hydrogen-bond acceptors (Lipinski definition) is 4. The van der Waals surface area contributed by atoms with Gasteiger partial charge in [0.05, 0.1) is 0 Å². The summed E-state index contributed by atoms with van der Waals surface area (Å²) in [6.07, 6.45) is 5.61. The number of aryl methyl sites for hydroxylation is 1. The first-order chi connectivity index (χ1) is 11.3. The maximum absolute atomic E-state index is 10.4. The van der Waals surface area contributed by atoms with Gasteiger partial charge < -0.3 is 10.2 Å². The van der Waals surface area contributed by atoms with Crippen molar-refractivity contribution >= 4 is 0 Å². The van der Waals surface area contributed by atoms with Crippen LogP contribution in [0.5, 0.6) is 11.8 Å². The van der Waals surface area contributed by atoms with E-state index >= 15 is 0 Å². The van der Waals surface area contributed by atoms with E-state index in [4.69, 9.17) is 0 Å².